The molecular formula is C7H14O3S. The summed E-state index contributed by atoms with van der Waals surface area (Å²) in [6, 6.07) is 0. The molecule has 0 heterocycles. The Balaban J connectivity index is 4.08. The Morgan fingerprint density at radius 1 is 1.45 bits per heavy atom. The van der Waals surface area contributed by atoms with Crippen molar-refractivity contribution in [1.29, 1.82) is 0 Å². The minimum atomic E-state index is -3.33. The summed E-state index contributed by atoms with van der Waals surface area (Å²) in [7, 11) is -3.33. The second kappa shape index (κ2) is 3.88. The Bertz CT molecular complexity index is 218. The zero-order chi connectivity index (χ0) is 9.07. The van der Waals surface area contributed by atoms with E-state index in [1.807, 2.05) is 6.92 Å². The molecule has 66 valence electrons. The van der Waals surface area contributed by atoms with Crippen LogP contribution in [0, 0.1) is 5.92 Å². The van der Waals surface area contributed by atoms with Crippen LogP contribution in [0.3, 0.4) is 0 Å². The second-order valence-corrected chi connectivity index (χ2v) is 4.20. The fraction of sp³-hybridized carbons (Fsp3) is 0.714. The number of hydrogen-bond acceptors (Lipinski definition) is 3. The molecule has 0 aliphatic carbocycles. The SMILES string of the molecule is C=C[C@H](C)[C@H](C)OS(C)(=O)=O. The van der Waals surface area contributed by atoms with Crippen LogP contribution in [0.15, 0.2) is 12.7 Å². The van der Waals surface area contributed by atoms with Gasteiger partial charge in [-0.2, -0.15) is 8.42 Å². The van der Waals surface area contributed by atoms with E-state index in [1.165, 1.54) is 0 Å². The van der Waals surface area contributed by atoms with E-state index in [9.17, 15) is 8.42 Å². The van der Waals surface area contributed by atoms with Crippen molar-refractivity contribution in [3.8, 4) is 0 Å². The third-order valence-corrected chi connectivity index (χ3v) is 2.09. The Morgan fingerprint density at radius 3 is 2.18 bits per heavy atom. The van der Waals surface area contributed by atoms with Crippen molar-refractivity contribution in [2.24, 2.45) is 5.92 Å². The topological polar surface area (TPSA) is 43.4 Å². The lowest BCUT2D eigenvalue weighted by Gasteiger charge is -2.14. The first-order valence-corrected chi connectivity index (χ1v) is 5.19. The van der Waals surface area contributed by atoms with Gasteiger partial charge in [-0.15, -0.1) is 6.58 Å². The summed E-state index contributed by atoms with van der Waals surface area (Å²) >= 11 is 0. The van der Waals surface area contributed by atoms with Crippen molar-refractivity contribution in [3.05, 3.63) is 12.7 Å². The van der Waals surface area contributed by atoms with Gasteiger partial charge in [0.2, 0.25) is 0 Å². The normalized spacial score (nSPS) is 17.4. The van der Waals surface area contributed by atoms with E-state index in [4.69, 9.17) is 4.18 Å². The van der Waals surface area contributed by atoms with Crippen molar-refractivity contribution in [1.82, 2.24) is 0 Å². The lowest BCUT2D eigenvalue weighted by Crippen LogP contribution is -2.19. The van der Waals surface area contributed by atoms with Gasteiger partial charge in [-0.3, -0.25) is 4.18 Å². The third kappa shape index (κ3) is 4.98. The largest absolute Gasteiger partial charge is 0.267 e. The Labute approximate surface area is 68.2 Å². The predicted octanol–water partition coefficient (Wildman–Crippen LogP) is 1.17. The van der Waals surface area contributed by atoms with Crippen molar-refractivity contribution in [2.45, 2.75) is 20.0 Å². The van der Waals surface area contributed by atoms with Crippen LogP contribution in [0.25, 0.3) is 0 Å². The van der Waals surface area contributed by atoms with Crippen molar-refractivity contribution in [2.75, 3.05) is 6.26 Å². The molecule has 0 fully saturated rings. The molecule has 4 heteroatoms. The summed E-state index contributed by atoms with van der Waals surface area (Å²) in [6.45, 7) is 7.09. The summed E-state index contributed by atoms with van der Waals surface area (Å²) < 4.78 is 25.9. The van der Waals surface area contributed by atoms with Gasteiger partial charge in [0.15, 0.2) is 0 Å². The second-order valence-electron chi connectivity index (χ2n) is 2.60. The summed E-state index contributed by atoms with van der Waals surface area (Å²) in [4.78, 5) is 0. The highest BCUT2D eigenvalue weighted by atomic mass is 32.2. The minimum Gasteiger partial charge on any atom is -0.267 e. The summed E-state index contributed by atoms with van der Waals surface area (Å²) in [6.07, 6.45) is 2.37. The lowest BCUT2D eigenvalue weighted by atomic mass is 10.1. The van der Waals surface area contributed by atoms with Crippen LogP contribution in [0.2, 0.25) is 0 Å². The first-order chi connectivity index (χ1) is 4.87. The van der Waals surface area contributed by atoms with Crippen LogP contribution >= 0.6 is 0 Å². The van der Waals surface area contributed by atoms with Crippen LogP contribution in [-0.2, 0) is 14.3 Å². The molecule has 2 atom stereocenters. The maximum absolute atomic E-state index is 10.6. The molecule has 0 rings (SSSR count). The van der Waals surface area contributed by atoms with Crippen LogP contribution in [0.1, 0.15) is 13.8 Å². The highest BCUT2D eigenvalue weighted by molar-refractivity contribution is 7.86. The average molecular weight is 178 g/mol. The molecule has 0 aromatic heterocycles. The fourth-order valence-electron chi connectivity index (χ4n) is 0.555. The molecule has 0 N–H and O–H groups in total. The van der Waals surface area contributed by atoms with Crippen LogP contribution in [0.4, 0.5) is 0 Å². The smallest absolute Gasteiger partial charge is 0.264 e. The van der Waals surface area contributed by atoms with Gasteiger partial charge in [-0.05, 0) is 6.92 Å². The van der Waals surface area contributed by atoms with E-state index >= 15 is 0 Å². The molecule has 11 heavy (non-hydrogen) atoms. The van der Waals surface area contributed by atoms with Crippen molar-refractivity contribution in [3.63, 3.8) is 0 Å². The zero-order valence-corrected chi connectivity index (χ0v) is 7.89. The van der Waals surface area contributed by atoms with E-state index in [0.717, 1.165) is 6.26 Å². The monoisotopic (exact) mass is 178 g/mol. The molecule has 0 aliphatic heterocycles. The van der Waals surface area contributed by atoms with Crippen LogP contribution in [0.5, 0.6) is 0 Å². The maximum Gasteiger partial charge on any atom is 0.264 e. The molecule has 3 nitrogen and oxygen atoms in total. The molecule has 0 aliphatic rings. The molecule has 0 unspecified atom stereocenters. The lowest BCUT2D eigenvalue weighted by molar-refractivity contribution is 0.193. The Kier molecular flexibility index (Phi) is 3.75. The van der Waals surface area contributed by atoms with Crippen molar-refractivity contribution < 1.29 is 12.6 Å². The first kappa shape index (κ1) is 10.7. The highest BCUT2D eigenvalue weighted by Crippen LogP contribution is 2.09. The molecule has 0 aromatic rings. The standard InChI is InChI=1S/C7H14O3S/c1-5-6(2)7(3)10-11(4,8)9/h5-7H,1H2,2-4H3/t6-,7-/m0/s1. The van der Waals surface area contributed by atoms with Gasteiger partial charge in [-0.1, -0.05) is 13.0 Å². The van der Waals surface area contributed by atoms with E-state index in [-0.39, 0.29) is 12.0 Å². The number of rotatable bonds is 4. The summed E-state index contributed by atoms with van der Waals surface area (Å²) in [5, 5.41) is 0. The van der Waals surface area contributed by atoms with Gasteiger partial charge in [0.05, 0.1) is 12.4 Å². The molecule has 0 radical (unpaired) electrons. The Hall–Kier alpha value is -0.350. The highest BCUT2D eigenvalue weighted by Gasteiger charge is 2.14. The fourth-order valence-corrected chi connectivity index (χ4v) is 1.28. The first-order valence-electron chi connectivity index (χ1n) is 3.37. The van der Waals surface area contributed by atoms with Gasteiger partial charge in [-0.25, -0.2) is 0 Å². The minimum absolute atomic E-state index is 0.0460. The predicted molar refractivity (Wildman–Crippen MR) is 44.8 cm³/mol. The van der Waals surface area contributed by atoms with E-state index in [0.29, 0.717) is 0 Å². The Morgan fingerprint density at radius 2 is 1.91 bits per heavy atom. The molecule has 0 aromatic carbocycles. The van der Waals surface area contributed by atoms with Crippen molar-refractivity contribution >= 4 is 10.1 Å². The summed E-state index contributed by atoms with van der Waals surface area (Å²) in [5.74, 6) is 0.0460. The molecule has 0 saturated carbocycles. The number of hydrogen-bond donors (Lipinski definition) is 0. The van der Waals surface area contributed by atoms with Gasteiger partial charge >= 0.3 is 0 Å². The molecule has 0 saturated heterocycles. The van der Waals surface area contributed by atoms with E-state index in [2.05, 4.69) is 6.58 Å². The van der Waals surface area contributed by atoms with E-state index in [1.54, 1.807) is 13.0 Å². The third-order valence-electron chi connectivity index (χ3n) is 1.44. The molecule has 0 bridgehead atoms. The van der Waals surface area contributed by atoms with E-state index < -0.39 is 10.1 Å². The quantitative estimate of drug-likeness (QED) is 0.479. The molecule has 0 amide bonds. The maximum atomic E-state index is 10.6. The van der Waals surface area contributed by atoms with Crippen LogP contribution < -0.4 is 0 Å². The van der Waals surface area contributed by atoms with Gasteiger partial charge in [0, 0.05) is 5.92 Å². The zero-order valence-electron chi connectivity index (χ0n) is 7.07. The molecule has 0 spiro atoms. The van der Waals surface area contributed by atoms with Gasteiger partial charge in [0.25, 0.3) is 10.1 Å². The van der Waals surface area contributed by atoms with Crippen LogP contribution in [-0.4, -0.2) is 20.8 Å². The van der Waals surface area contributed by atoms with Gasteiger partial charge in [0.1, 0.15) is 0 Å². The van der Waals surface area contributed by atoms with Gasteiger partial charge < -0.3 is 0 Å². The summed E-state index contributed by atoms with van der Waals surface area (Å²) in [5.41, 5.74) is 0. The molecular weight excluding hydrogens is 164 g/mol. The average Bonchev–Trinajstić information content (AvgIpc) is 1.82.